The van der Waals surface area contributed by atoms with Gasteiger partial charge in [0.05, 0.1) is 0 Å². The van der Waals surface area contributed by atoms with Crippen LogP contribution in [-0.2, 0) is 0 Å². The predicted molar refractivity (Wildman–Crippen MR) is 83.4 cm³/mol. The van der Waals surface area contributed by atoms with Gasteiger partial charge in [0.1, 0.15) is 0 Å². The van der Waals surface area contributed by atoms with E-state index in [-0.39, 0.29) is 0 Å². The van der Waals surface area contributed by atoms with Crippen LogP contribution >= 0.6 is 11.3 Å². The highest BCUT2D eigenvalue weighted by molar-refractivity contribution is 7.08. The van der Waals surface area contributed by atoms with Gasteiger partial charge in [0.2, 0.25) is 11.9 Å². The molecule has 0 aromatic carbocycles. The van der Waals surface area contributed by atoms with Gasteiger partial charge in [-0.15, -0.1) is 0 Å². The number of hydrogen-bond acceptors (Lipinski definition) is 6. The van der Waals surface area contributed by atoms with Gasteiger partial charge in [-0.1, -0.05) is 6.92 Å². The molecule has 2 aromatic rings. The molecule has 1 aliphatic heterocycles. The molecule has 1 saturated heterocycles. The molecule has 1 aliphatic rings. The van der Waals surface area contributed by atoms with Crippen molar-refractivity contribution >= 4 is 23.2 Å². The molecule has 2 aromatic heterocycles. The van der Waals surface area contributed by atoms with Gasteiger partial charge in [0, 0.05) is 30.6 Å². The van der Waals surface area contributed by atoms with E-state index < -0.39 is 0 Å². The quantitative estimate of drug-likeness (QED) is 0.917. The molecule has 0 atom stereocenters. The number of rotatable bonds is 5. The van der Waals surface area contributed by atoms with E-state index in [1.807, 2.05) is 5.38 Å². The van der Waals surface area contributed by atoms with E-state index in [2.05, 4.69) is 43.5 Å². The first-order chi connectivity index (χ1) is 9.86. The molecule has 0 unspecified atom stereocenters. The number of aromatic nitrogens is 3. The summed E-state index contributed by atoms with van der Waals surface area (Å²) in [5, 5.41) is 7.40. The Morgan fingerprint density at radius 3 is 2.80 bits per heavy atom. The molecule has 0 amide bonds. The minimum Gasteiger partial charge on any atom is -0.354 e. The van der Waals surface area contributed by atoms with E-state index in [1.165, 1.54) is 12.8 Å². The number of anilines is 2. The van der Waals surface area contributed by atoms with Crippen LogP contribution in [0.1, 0.15) is 26.2 Å². The lowest BCUT2D eigenvalue weighted by Crippen LogP contribution is -2.22. The fraction of sp³-hybridized carbons (Fsp3) is 0.500. The van der Waals surface area contributed by atoms with E-state index in [0.29, 0.717) is 5.95 Å². The van der Waals surface area contributed by atoms with Crippen molar-refractivity contribution in [1.29, 1.82) is 0 Å². The molecule has 1 N–H and O–H groups in total. The van der Waals surface area contributed by atoms with E-state index in [9.17, 15) is 0 Å². The molecular formula is C14H19N5S. The Morgan fingerprint density at radius 1 is 1.25 bits per heavy atom. The average Bonchev–Trinajstić information content (AvgIpc) is 3.17. The van der Waals surface area contributed by atoms with Gasteiger partial charge >= 0.3 is 0 Å². The second kappa shape index (κ2) is 6.17. The smallest absolute Gasteiger partial charge is 0.230 e. The fourth-order valence-electron chi connectivity index (χ4n) is 2.26. The van der Waals surface area contributed by atoms with Crippen LogP contribution in [0.2, 0.25) is 0 Å². The van der Waals surface area contributed by atoms with Gasteiger partial charge in [-0.2, -0.15) is 26.3 Å². The van der Waals surface area contributed by atoms with Crippen molar-refractivity contribution < 1.29 is 0 Å². The summed E-state index contributed by atoms with van der Waals surface area (Å²) in [6.45, 7) is 5.10. The number of hydrogen-bond donors (Lipinski definition) is 1. The minimum atomic E-state index is 0.685. The molecule has 0 bridgehead atoms. The molecule has 3 rings (SSSR count). The number of thiophene rings is 1. The SMILES string of the molecule is CCCNc1nc(-c2ccsc2)nc(N2CCCC2)n1. The summed E-state index contributed by atoms with van der Waals surface area (Å²) in [6, 6.07) is 2.05. The van der Waals surface area contributed by atoms with Gasteiger partial charge in [-0.3, -0.25) is 0 Å². The van der Waals surface area contributed by atoms with E-state index in [4.69, 9.17) is 0 Å². The van der Waals surface area contributed by atoms with Gasteiger partial charge in [0.15, 0.2) is 5.82 Å². The maximum Gasteiger partial charge on any atom is 0.230 e. The molecule has 0 saturated carbocycles. The highest BCUT2D eigenvalue weighted by Gasteiger charge is 2.17. The first kappa shape index (κ1) is 13.3. The Labute approximate surface area is 123 Å². The molecule has 5 nitrogen and oxygen atoms in total. The molecule has 0 radical (unpaired) electrons. The second-order valence-electron chi connectivity index (χ2n) is 4.92. The average molecular weight is 289 g/mol. The van der Waals surface area contributed by atoms with Crippen LogP contribution in [0.15, 0.2) is 16.8 Å². The lowest BCUT2D eigenvalue weighted by atomic mass is 10.3. The van der Waals surface area contributed by atoms with Crippen LogP contribution in [0.3, 0.4) is 0 Å². The van der Waals surface area contributed by atoms with Gasteiger partial charge in [0.25, 0.3) is 0 Å². The van der Waals surface area contributed by atoms with Crippen LogP contribution in [0, 0.1) is 0 Å². The Bertz CT molecular complexity index is 549. The van der Waals surface area contributed by atoms with Crippen molar-refractivity contribution in [2.75, 3.05) is 29.9 Å². The summed E-state index contributed by atoms with van der Waals surface area (Å²) in [5.74, 6) is 2.25. The summed E-state index contributed by atoms with van der Waals surface area (Å²) in [6.07, 6.45) is 3.49. The Hall–Kier alpha value is -1.69. The van der Waals surface area contributed by atoms with E-state index in [0.717, 1.165) is 43.4 Å². The summed E-state index contributed by atoms with van der Waals surface area (Å²) in [4.78, 5) is 16.0. The molecule has 0 aliphatic carbocycles. The molecule has 6 heteroatoms. The lowest BCUT2D eigenvalue weighted by molar-refractivity contribution is 0.873. The summed E-state index contributed by atoms with van der Waals surface area (Å²) in [7, 11) is 0. The van der Waals surface area contributed by atoms with Crippen LogP contribution in [0.4, 0.5) is 11.9 Å². The zero-order chi connectivity index (χ0) is 13.8. The van der Waals surface area contributed by atoms with Gasteiger partial charge < -0.3 is 10.2 Å². The topological polar surface area (TPSA) is 53.9 Å². The number of nitrogens with one attached hydrogen (secondary N) is 1. The molecular weight excluding hydrogens is 270 g/mol. The van der Waals surface area contributed by atoms with Crippen molar-refractivity contribution in [3.8, 4) is 11.4 Å². The van der Waals surface area contributed by atoms with Gasteiger partial charge in [-0.25, -0.2) is 0 Å². The largest absolute Gasteiger partial charge is 0.354 e. The first-order valence-corrected chi connectivity index (χ1v) is 8.08. The van der Waals surface area contributed by atoms with Crippen molar-refractivity contribution in [3.63, 3.8) is 0 Å². The highest BCUT2D eigenvalue weighted by atomic mass is 32.1. The van der Waals surface area contributed by atoms with Gasteiger partial charge in [-0.05, 0) is 30.7 Å². The van der Waals surface area contributed by atoms with Crippen LogP contribution in [-0.4, -0.2) is 34.6 Å². The van der Waals surface area contributed by atoms with Crippen molar-refractivity contribution in [3.05, 3.63) is 16.8 Å². The van der Waals surface area contributed by atoms with Crippen LogP contribution < -0.4 is 10.2 Å². The number of nitrogens with zero attached hydrogens (tertiary/aromatic N) is 4. The zero-order valence-corrected chi connectivity index (χ0v) is 12.5. The molecule has 1 fully saturated rings. The molecule has 0 spiro atoms. The monoisotopic (exact) mass is 289 g/mol. The van der Waals surface area contributed by atoms with E-state index in [1.54, 1.807) is 11.3 Å². The third-order valence-electron chi connectivity index (χ3n) is 3.33. The molecule has 20 heavy (non-hydrogen) atoms. The maximum atomic E-state index is 4.64. The third kappa shape index (κ3) is 2.90. The molecule has 106 valence electrons. The Balaban J connectivity index is 1.94. The summed E-state index contributed by atoms with van der Waals surface area (Å²) >= 11 is 1.66. The molecule has 3 heterocycles. The highest BCUT2D eigenvalue weighted by Crippen LogP contribution is 2.23. The first-order valence-electron chi connectivity index (χ1n) is 7.14. The van der Waals surface area contributed by atoms with Crippen molar-refractivity contribution in [2.45, 2.75) is 26.2 Å². The zero-order valence-electron chi connectivity index (χ0n) is 11.7. The van der Waals surface area contributed by atoms with Crippen molar-refractivity contribution in [1.82, 2.24) is 15.0 Å². The Kier molecular flexibility index (Phi) is 4.11. The minimum absolute atomic E-state index is 0.685. The standard InChI is InChI=1S/C14H19N5S/c1-2-6-15-13-16-12(11-5-9-20-10-11)17-14(18-13)19-7-3-4-8-19/h5,9-10H,2-4,6-8H2,1H3,(H,15,16,17,18). The van der Waals surface area contributed by atoms with Crippen LogP contribution in [0.5, 0.6) is 0 Å². The normalized spacial score (nSPS) is 14.8. The maximum absolute atomic E-state index is 4.64. The third-order valence-corrected chi connectivity index (χ3v) is 4.01. The Morgan fingerprint density at radius 2 is 2.10 bits per heavy atom. The van der Waals surface area contributed by atoms with Crippen molar-refractivity contribution in [2.24, 2.45) is 0 Å². The van der Waals surface area contributed by atoms with Crippen LogP contribution in [0.25, 0.3) is 11.4 Å². The summed E-state index contributed by atoms with van der Waals surface area (Å²) in [5.41, 5.74) is 1.07. The predicted octanol–water partition coefficient (Wildman–Crippen LogP) is 3.02. The second-order valence-corrected chi connectivity index (χ2v) is 5.70. The van der Waals surface area contributed by atoms with E-state index >= 15 is 0 Å². The summed E-state index contributed by atoms with van der Waals surface area (Å²) < 4.78 is 0. The lowest BCUT2D eigenvalue weighted by Gasteiger charge is -2.16. The fourth-order valence-corrected chi connectivity index (χ4v) is 2.89.